The minimum Gasteiger partial charge on any atom is -0.493 e. The highest BCUT2D eigenvalue weighted by atomic mass is 19.2. The lowest BCUT2D eigenvalue weighted by atomic mass is 9.64. The number of rotatable bonds is 3. The minimum absolute atomic E-state index is 0.137. The Morgan fingerprint density at radius 1 is 1.27 bits per heavy atom. The molecule has 0 N–H and O–H groups in total. The summed E-state index contributed by atoms with van der Waals surface area (Å²) >= 11 is 0. The zero-order valence-electron chi connectivity index (χ0n) is 13.3. The van der Waals surface area contributed by atoms with E-state index >= 15 is 0 Å². The third-order valence-corrected chi connectivity index (χ3v) is 4.86. The van der Waals surface area contributed by atoms with E-state index in [1.165, 1.54) is 20.3 Å². The fourth-order valence-corrected chi connectivity index (χ4v) is 3.13. The predicted molar refractivity (Wildman–Crippen MR) is 75.8 cm³/mol. The van der Waals surface area contributed by atoms with Crippen LogP contribution in [0.2, 0.25) is 0 Å². The van der Waals surface area contributed by atoms with Crippen LogP contribution in [0.1, 0.15) is 26.3 Å². The predicted octanol–water partition coefficient (Wildman–Crippen LogP) is 2.83. The molecule has 2 unspecified atom stereocenters. The number of esters is 1. The highest BCUT2D eigenvalue weighted by Crippen LogP contribution is 2.52. The second-order valence-electron chi connectivity index (χ2n) is 6.04. The molecular formula is C16H20F2O4. The van der Waals surface area contributed by atoms with Gasteiger partial charge in [-0.25, -0.2) is 4.39 Å². The lowest BCUT2D eigenvalue weighted by molar-refractivity contribution is -0.147. The Balaban J connectivity index is 2.70. The molecule has 0 bridgehead atoms. The van der Waals surface area contributed by atoms with Crippen molar-refractivity contribution in [1.82, 2.24) is 0 Å². The van der Waals surface area contributed by atoms with E-state index in [4.69, 9.17) is 14.2 Å². The summed E-state index contributed by atoms with van der Waals surface area (Å²) in [6.45, 7) is 5.52. The van der Waals surface area contributed by atoms with Crippen molar-refractivity contribution in [1.29, 1.82) is 0 Å². The van der Waals surface area contributed by atoms with E-state index in [2.05, 4.69) is 0 Å². The summed E-state index contributed by atoms with van der Waals surface area (Å²) in [5.41, 5.74) is -1.34. The van der Waals surface area contributed by atoms with Gasteiger partial charge in [0.1, 0.15) is 0 Å². The van der Waals surface area contributed by atoms with Crippen molar-refractivity contribution in [3.05, 3.63) is 29.3 Å². The van der Waals surface area contributed by atoms with Gasteiger partial charge in [-0.05, 0) is 19.9 Å². The SMILES string of the molecule is COC(=O)C1COC(C)(C)C1(C)c1ccc(F)c(F)c1OC. The van der Waals surface area contributed by atoms with E-state index < -0.39 is 34.5 Å². The minimum atomic E-state index is -1.08. The Labute approximate surface area is 128 Å². The van der Waals surface area contributed by atoms with Crippen molar-refractivity contribution in [3.63, 3.8) is 0 Å². The number of carbonyl (C=O) groups excluding carboxylic acids is 1. The topological polar surface area (TPSA) is 44.8 Å². The molecule has 0 radical (unpaired) electrons. The number of hydrogen-bond acceptors (Lipinski definition) is 4. The fraction of sp³-hybridized carbons (Fsp3) is 0.562. The first kappa shape index (κ1) is 16.7. The van der Waals surface area contributed by atoms with Crippen LogP contribution in [0.5, 0.6) is 5.75 Å². The normalized spacial score (nSPS) is 26.8. The summed E-state index contributed by atoms with van der Waals surface area (Å²) in [6, 6.07) is 2.46. The molecule has 0 aromatic heterocycles. The fourth-order valence-electron chi connectivity index (χ4n) is 3.13. The highest BCUT2D eigenvalue weighted by Gasteiger charge is 2.59. The molecule has 122 valence electrons. The molecule has 6 heteroatoms. The summed E-state index contributed by atoms with van der Waals surface area (Å²) in [7, 11) is 2.55. The van der Waals surface area contributed by atoms with Crippen molar-refractivity contribution in [2.45, 2.75) is 31.8 Å². The maximum atomic E-state index is 14.1. The second kappa shape index (κ2) is 5.50. The Hall–Kier alpha value is -1.69. The number of halogens is 2. The van der Waals surface area contributed by atoms with Crippen LogP contribution in [0, 0.1) is 17.6 Å². The largest absolute Gasteiger partial charge is 0.493 e. The second-order valence-corrected chi connectivity index (χ2v) is 6.04. The first-order valence-corrected chi connectivity index (χ1v) is 6.95. The monoisotopic (exact) mass is 314 g/mol. The molecule has 4 nitrogen and oxygen atoms in total. The third kappa shape index (κ3) is 2.17. The molecule has 1 heterocycles. The van der Waals surface area contributed by atoms with Gasteiger partial charge < -0.3 is 14.2 Å². The summed E-state index contributed by atoms with van der Waals surface area (Å²) in [5, 5.41) is 0. The van der Waals surface area contributed by atoms with E-state index in [1.807, 2.05) is 0 Å². The van der Waals surface area contributed by atoms with Gasteiger partial charge >= 0.3 is 5.97 Å². The van der Waals surface area contributed by atoms with Crippen LogP contribution in [-0.2, 0) is 19.7 Å². The summed E-state index contributed by atoms with van der Waals surface area (Å²) < 4.78 is 43.2. The van der Waals surface area contributed by atoms with E-state index in [1.54, 1.807) is 20.8 Å². The molecule has 1 aromatic rings. The van der Waals surface area contributed by atoms with E-state index in [9.17, 15) is 13.6 Å². The highest BCUT2D eigenvalue weighted by molar-refractivity contribution is 5.76. The van der Waals surface area contributed by atoms with Gasteiger partial charge in [0.25, 0.3) is 0 Å². The van der Waals surface area contributed by atoms with Gasteiger partial charge in [-0.1, -0.05) is 13.0 Å². The van der Waals surface area contributed by atoms with Crippen molar-refractivity contribution in [3.8, 4) is 5.75 Å². The lowest BCUT2D eigenvalue weighted by Gasteiger charge is -2.40. The van der Waals surface area contributed by atoms with Crippen LogP contribution in [0.25, 0.3) is 0 Å². The Bertz CT molecular complexity index is 600. The van der Waals surface area contributed by atoms with Crippen LogP contribution < -0.4 is 4.74 Å². The van der Waals surface area contributed by atoms with Crippen LogP contribution in [0.15, 0.2) is 12.1 Å². The number of hydrogen-bond donors (Lipinski definition) is 0. The van der Waals surface area contributed by atoms with Gasteiger partial charge in [-0.2, -0.15) is 4.39 Å². The molecule has 1 aliphatic heterocycles. The van der Waals surface area contributed by atoms with E-state index in [0.29, 0.717) is 5.56 Å². The summed E-state index contributed by atoms with van der Waals surface area (Å²) in [4.78, 5) is 12.1. The van der Waals surface area contributed by atoms with Crippen molar-refractivity contribution in [2.75, 3.05) is 20.8 Å². The first-order valence-electron chi connectivity index (χ1n) is 6.95. The molecule has 1 saturated heterocycles. The summed E-state index contributed by atoms with van der Waals surface area (Å²) in [6.07, 6.45) is 0. The number of benzene rings is 1. The Morgan fingerprint density at radius 2 is 1.91 bits per heavy atom. The van der Waals surface area contributed by atoms with Crippen LogP contribution in [0.4, 0.5) is 8.78 Å². The molecule has 0 spiro atoms. The van der Waals surface area contributed by atoms with E-state index in [-0.39, 0.29) is 12.4 Å². The smallest absolute Gasteiger partial charge is 0.312 e. The van der Waals surface area contributed by atoms with Gasteiger partial charge in [0.05, 0.1) is 32.3 Å². The molecule has 2 rings (SSSR count). The van der Waals surface area contributed by atoms with Gasteiger partial charge in [0.2, 0.25) is 5.82 Å². The molecular weight excluding hydrogens is 294 g/mol. The molecule has 22 heavy (non-hydrogen) atoms. The number of carbonyl (C=O) groups is 1. The Kier molecular flexibility index (Phi) is 4.17. The average Bonchev–Trinajstić information content (AvgIpc) is 2.72. The maximum absolute atomic E-state index is 14.1. The molecule has 0 saturated carbocycles. The van der Waals surface area contributed by atoms with Gasteiger partial charge in [-0.3, -0.25) is 4.79 Å². The summed E-state index contributed by atoms with van der Waals surface area (Å²) in [5.74, 6) is -3.40. The lowest BCUT2D eigenvalue weighted by Crippen LogP contribution is -2.48. The molecule has 1 aliphatic rings. The molecule has 2 atom stereocenters. The number of ether oxygens (including phenoxy) is 3. The number of methoxy groups -OCH3 is 2. The van der Waals surface area contributed by atoms with E-state index in [0.717, 1.165) is 6.07 Å². The zero-order valence-corrected chi connectivity index (χ0v) is 13.3. The first-order chi connectivity index (χ1) is 10.2. The molecule has 0 amide bonds. The Morgan fingerprint density at radius 3 is 2.45 bits per heavy atom. The zero-order chi connectivity index (χ0) is 16.7. The quantitative estimate of drug-likeness (QED) is 0.805. The molecule has 1 fully saturated rings. The van der Waals surface area contributed by atoms with Gasteiger partial charge in [-0.15, -0.1) is 0 Å². The third-order valence-electron chi connectivity index (χ3n) is 4.86. The van der Waals surface area contributed by atoms with Crippen LogP contribution >= 0.6 is 0 Å². The van der Waals surface area contributed by atoms with Crippen LogP contribution in [0.3, 0.4) is 0 Å². The molecule has 0 aliphatic carbocycles. The molecule has 1 aromatic carbocycles. The van der Waals surface area contributed by atoms with Crippen molar-refractivity contribution in [2.24, 2.45) is 5.92 Å². The standard InChI is InChI=1S/C16H20F2O4/c1-15(2)16(3,10(8-22-15)14(19)21-5)9-6-7-11(17)12(18)13(9)20-4/h6-7,10H,8H2,1-5H3. The maximum Gasteiger partial charge on any atom is 0.312 e. The van der Waals surface area contributed by atoms with Gasteiger partial charge in [0.15, 0.2) is 11.6 Å². The van der Waals surface area contributed by atoms with Crippen molar-refractivity contribution < 1.29 is 27.8 Å². The van der Waals surface area contributed by atoms with Crippen molar-refractivity contribution >= 4 is 5.97 Å². The average molecular weight is 314 g/mol. The van der Waals surface area contributed by atoms with Crippen LogP contribution in [-0.4, -0.2) is 32.4 Å². The van der Waals surface area contributed by atoms with Gasteiger partial charge in [0, 0.05) is 11.0 Å².